The molecule has 1 amide bonds. The van der Waals surface area contributed by atoms with Crippen LogP contribution in [0.25, 0.3) is 0 Å². The molecule has 1 aliphatic carbocycles. The highest BCUT2D eigenvalue weighted by atomic mass is 16.5. The molecule has 0 saturated carbocycles. The summed E-state index contributed by atoms with van der Waals surface area (Å²) in [5.41, 5.74) is 3.33. The van der Waals surface area contributed by atoms with E-state index >= 15 is 0 Å². The van der Waals surface area contributed by atoms with Crippen molar-refractivity contribution in [1.82, 2.24) is 14.8 Å². The summed E-state index contributed by atoms with van der Waals surface area (Å²) in [5, 5.41) is 2.77. The van der Waals surface area contributed by atoms with Crippen molar-refractivity contribution in [3.63, 3.8) is 0 Å². The van der Waals surface area contributed by atoms with Crippen molar-refractivity contribution in [2.24, 2.45) is 0 Å². The van der Waals surface area contributed by atoms with Crippen LogP contribution in [0.3, 0.4) is 0 Å². The van der Waals surface area contributed by atoms with Gasteiger partial charge in [-0.15, -0.1) is 12.3 Å². The summed E-state index contributed by atoms with van der Waals surface area (Å²) in [6.07, 6.45) is 7.69. The minimum absolute atomic E-state index is 0.0614. The van der Waals surface area contributed by atoms with Crippen molar-refractivity contribution in [2.45, 2.75) is 32.2 Å². The largest absolute Gasteiger partial charge is 0.460 e. The molecule has 0 aliphatic heterocycles. The Hall–Kier alpha value is -3.37. The molecule has 0 unspecified atom stereocenters. The minimum Gasteiger partial charge on any atom is -0.460 e. The number of carbonyl (C=O) groups is 3. The number of nitrogens with one attached hydrogen (secondary N) is 1. The molecule has 32 heavy (non-hydrogen) atoms. The second-order valence-corrected chi connectivity index (χ2v) is 8.10. The molecule has 168 valence electrons. The number of Topliss-reactive ketones (excluding diaryl/α,β-unsaturated/α-hetero) is 1. The van der Waals surface area contributed by atoms with E-state index < -0.39 is 5.97 Å². The predicted octanol–water partition coefficient (Wildman–Crippen LogP) is 2.53. The number of esters is 1. The maximum atomic E-state index is 12.8. The molecule has 1 aromatic heterocycles. The van der Waals surface area contributed by atoms with Gasteiger partial charge >= 0.3 is 5.97 Å². The van der Waals surface area contributed by atoms with Gasteiger partial charge in [-0.1, -0.05) is 12.1 Å². The van der Waals surface area contributed by atoms with Gasteiger partial charge in [0.15, 0.2) is 5.78 Å². The number of carbonyl (C=O) groups excluding carboxylic acids is 3. The zero-order valence-corrected chi connectivity index (χ0v) is 18.6. The van der Waals surface area contributed by atoms with E-state index in [1.165, 1.54) is 0 Å². The van der Waals surface area contributed by atoms with Gasteiger partial charge in [0.1, 0.15) is 12.3 Å². The lowest BCUT2D eigenvalue weighted by Crippen LogP contribution is -2.24. The Kier molecular flexibility index (Phi) is 7.85. The van der Waals surface area contributed by atoms with Gasteiger partial charge in [0.25, 0.3) is 5.91 Å². The fourth-order valence-electron chi connectivity index (χ4n) is 3.69. The number of fused-ring (bicyclic) bond motifs is 1. The second kappa shape index (κ2) is 10.8. The average Bonchev–Trinajstić information content (AvgIpc) is 3.14. The maximum absolute atomic E-state index is 12.8. The summed E-state index contributed by atoms with van der Waals surface area (Å²) in [7, 11) is 3.82. The van der Waals surface area contributed by atoms with Crippen LogP contribution in [0.15, 0.2) is 30.3 Å². The number of ketones is 1. The molecule has 1 aliphatic rings. The van der Waals surface area contributed by atoms with Gasteiger partial charge in [0.05, 0.1) is 0 Å². The van der Waals surface area contributed by atoms with Gasteiger partial charge in [-0.05, 0) is 50.7 Å². The number of rotatable bonds is 9. The highest BCUT2D eigenvalue weighted by Crippen LogP contribution is 2.27. The number of benzene rings is 1. The molecule has 0 spiro atoms. The zero-order valence-electron chi connectivity index (χ0n) is 18.6. The number of terminal acetylenes is 1. The highest BCUT2D eigenvalue weighted by Gasteiger charge is 2.27. The van der Waals surface area contributed by atoms with Crippen LogP contribution in [0.4, 0.5) is 0 Å². The number of nitrogens with zero attached hydrogens (tertiary/aromatic N) is 2. The number of hydrogen-bond donors (Lipinski definition) is 1. The molecule has 7 heteroatoms. The Bertz CT molecular complexity index is 1030. The Labute approximate surface area is 188 Å². The van der Waals surface area contributed by atoms with Crippen LogP contribution in [0.5, 0.6) is 0 Å². The molecule has 3 rings (SSSR count). The van der Waals surface area contributed by atoms with Gasteiger partial charge in [0, 0.05) is 49.3 Å². The third-order valence-electron chi connectivity index (χ3n) is 5.42. The number of likely N-dealkylation sites (N-methyl/N-ethyl adjacent to an activating group) is 1. The Morgan fingerprint density at radius 2 is 1.97 bits per heavy atom. The fourth-order valence-corrected chi connectivity index (χ4v) is 3.69. The van der Waals surface area contributed by atoms with Crippen LogP contribution >= 0.6 is 0 Å². The van der Waals surface area contributed by atoms with Crippen LogP contribution in [0.2, 0.25) is 0 Å². The van der Waals surface area contributed by atoms with Crippen LogP contribution in [-0.4, -0.2) is 60.9 Å². The summed E-state index contributed by atoms with van der Waals surface area (Å²) in [6, 6.07) is 8.87. The average molecular weight is 436 g/mol. The van der Waals surface area contributed by atoms with Gasteiger partial charge in [-0.25, -0.2) is 4.79 Å². The van der Waals surface area contributed by atoms with E-state index in [1.807, 2.05) is 35.7 Å². The van der Waals surface area contributed by atoms with E-state index in [2.05, 4.69) is 11.2 Å². The van der Waals surface area contributed by atoms with Crippen LogP contribution in [0, 0.1) is 12.3 Å². The first-order valence-corrected chi connectivity index (χ1v) is 10.8. The number of amides is 1. The second-order valence-electron chi connectivity index (χ2n) is 8.10. The lowest BCUT2D eigenvalue weighted by atomic mass is 9.96. The SMILES string of the molecule is C#CCCNC(=O)c1ccc(Cn2c(C(=O)OCCN(C)C)cc3c2CCCC3=O)cc1. The summed E-state index contributed by atoms with van der Waals surface area (Å²) in [6.45, 7) is 1.74. The molecular weight excluding hydrogens is 406 g/mol. The van der Waals surface area contributed by atoms with E-state index in [0.717, 1.165) is 24.1 Å². The lowest BCUT2D eigenvalue weighted by molar-refractivity contribution is 0.0469. The van der Waals surface area contributed by atoms with Crippen LogP contribution < -0.4 is 5.32 Å². The Balaban J connectivity index is 1.80. The molecule has 2 aromatic rings. The number of ether oxygens (including phenoxy) is 1. The van der Waals surface area contributed by atoms with Gasteiger partial charge in [0.2, 0.25) is 0 Å². The third-order valence-corrected chi connectivity index (χ3v) is 5.42. The molecule has 0 atom stereocenters. The highest BCUT2D eigenvalue weighted by molar-refractivity contribution is 6.01. The molecule has 0 radical (unpaired) electrons. The van der Waals surface area contributed by atoms with Gasteiger partial charge < -0.3 is 19.5 Å². The predicted molar refractivity (Wildman–Crippen MR) is 122 cm³/mol. The smallest absolute Gasteiger partial charge is 0.355 e. The standard InChI is InChI=1S/C25H29N3O4/c1-4-5-13-26-24(30)19-11-9-18(10-12-19)17-28-21-7-6-8-23(29)20(21)16-22(28)25(31)32-15-14-27(2)3/h1,9-12,16H,5-8,13-15,17H2,2-3H3,(H,26,30). The van der Waals surface area contributed by atoms with E-state index in [9.17, 15) is 14.4 Å². The fraction of sp³-hybridized carbons (Fsp3) is 0.400. The third kappa shape index (κ3) is 5.65. The van der Waals surface area contributed by atoms with Crippen molar-refractivity contribution in [2.75, 3.05) is 33.8 Å². The molecule has 0 bridgehead atoms. The summed E-state index contributed by atoms with van der Waals surface area (Å²) < 4.78 is 7.33. The Morgan fingerprint density at radius 1 is 1.22 bits per heavy atom. The van der Waals surface area contributed by atoms with Gasteiger partial charge in [-0.3, -0.25) is 9.59 Å². The maximum Gasteiger partial charge on any atom is 0.355 e. The molecule has 1 aromatic carbocycles. The topological polar surface area (TPSA) is 80.6 Å². The number of hydrogen-bond acceptors (Lipinski definition) is 5. The van der Waals surface area contributed by atoms with E-state index in [-0.39, 0.29) is 18.3 Å². The first-order valence-electron chi connectivity index (χ1n) is 10.8. The van der Waals surface area contributed by atoms with Crippen molar-refractivity contribution >= 4 is 17.7 Å². The van der Waals surface area contributed by atoms with Crippen molar-refractivity contribution in [3.05, 3.63) is 58.4 Å². The normalized spacial score (nSPS) is 12.9. The monoisotopic (exact) mass is 435 g/mol. The lowest BCUT2D eigenvalue weighted by Gasteiger charge is -2.17. The van der Waals surface area contributed by atoms with E-state index in [0.29, 0.717) is 49.3 Å². The van der Waals surface area contributed by atoms with Gasteiger partial charge in [-0.2, -0.15) is 0 Å². The summed E-state index contributed by atoms with van der Waals surface area (Å²) in [4.78, 5) is 39.3. The van der Waals surface area contributed by atoms with Crippen molar-refractivity contribution in [3.8, 4) is 12.3 Å². The molecule has 1 N–H and O–H groups in total. The van der Waals surface area contributed by atoms with Crippen molar-refractivity contribution in [1.29, 1.82) is 0 Å². The molecule has 7 nitrogen and oxygen atoms in total. The van der Waals surface area contributed by atoms with Crippen LogP contribution in [-0.2, 0) is 17.7 Å². The number of aromatic nitrogens is 1. The van der Waals surface area contributed by atoms with E-state index in [1.54, 1.807) is 18.2 Å². The minimum atomic E-state index is -0.432. The quantitative estimate of drug-likeness (QED) is 0.372. The molecule has 0 fully saturated rings. The summed E-state index contributed by atoms with van der Waals surface area (Å²) in [5.74, 6) is 1.94. The van der Waals surface area contributed by atoms with Crippen molar-refractivity contribution < 1.29 is 19.1 Å². The molecular formula is C25H29N3O4. The molecule has 0 saturated heterocycles. The zero-order chi connectivity index (χ0) is 23.1. The van der Waals surface area contributed by atoms with Crippen LogP contribution in [0.1, 0.15) is 61.7 Å². The molecule has 1 heterocycles. The van der Waals surface area contributed by atoms with E-state index in [4.69, 9.17) is 11.2 Å². The first kappa shape index (κ1) is 23.3. The summed E-state index contributed by atoms with van der Waals surface area (Å²) >= 11 is 0. The first-order chi connectivity index (χ1) is 15.4. The Morgan fingerprint density at radius 3 is 2.66 bits per heavy atom.